The predicted molar refractivity (Wildman–Crippen MR) is 68.3 cm³/mol. The number of nitrogens with zero attached hydrogens (tertiary/aromatic N) is 4. The zero-order valence-corrected chi connectivity index (χ0v) is 10.3. The Bertz CT molecular complexity index is 691. The lowest BCUT2D eigenvalue weighted by molar-refractivity contribution is 0.967. The summed E-state index contributed by atoms with van der Waals surface area (Å²) in [6.07, 6.45) is 5.18. The van der Waals surface area contributed by atoms with Crippen molar-refractivity contribution in [1.29, 1.82) is 0 Å². The van der Waals surface area contributed by atoms with Crippen LogP contribution in [0.4, 0.5) is 5.69 Å². The highest BCUT2D eigenvalue weighted by molar-refractivity contribution is 9.10. The quantitative estimate of drug-likeness (QED) is 0.745. The summed E-state index contributed by atoms with van der Waals surface area (Å²) in [5.74, 6) is 0.629. The molecule has 3 aromatic heterocycles. The third-order valence-electron chi connectivity index (χ3n) is 2.32. The Labute approximate surface area is 105 Å². The van der Waals surface area contributed by atoms with E-state index in [2.05, 4.69) is 31.0 Å². The van der Waals surface area contributed by atoms with E-state index in [1.165, 1.54) is 0 Å². The van der Waals surface area contributed by atoms with Gasteiger partial charge in [-0.05, 0) is 34.1 Å². The van der Waals surface area contributed by atoms with E-state index >= 15 is 0 Å². The molecule has 0 aromatic carbocycles. The average molecular weight is 290 g/mol. The molecule has 3 heterocycles. The van der Waals surface area contributed by atoms with Crippen LogP contribution in [0.1, 0.15) is 0 Å². The summed E-state index contributed by atoms with van der Waals surface area (Å²) in [7, 11) is 0. The van der Waals surface area contributed by atoms with Gasteiger partial charge in [-0.2, -0.15) is 0 Å². The molecule has 84 valence electrons. The summed E-state index contributed by atoms with van der Waals surface area (Å²) in [5, 5.41) is 4.35. The molecule has 0 amide bonds. The second-order valence-corrected chi connectivity index (χ2v) is 4.51. The minimum Gasteiger partial charge on any atom is -0.397 e. The molecule has 2 N–H and O–H groups in total. The Morgan fingerprint density at radius 3 is 2.94 bits per heavy atom. The third kappa shape index (κ3) is 1.87. The standard InChI is InChI=1S/C11H8BrN5/c12-8-3-7(4-14-5-8)11-15-10-2-1-9(13)6-17(10)16-11/h1-6H,13H2. The lowest BCUT2D eigenvalue weighted by atomic mass is 10.3. The van der Waals surface area contributed by atoms with E-state index in [-0.39, 0.29) is 0 Å². The number of aromatic nitrogens is 4. The van der Waals surface area contributed by atoms with Gasteiger partial charge in [0.25, 0.3) is 0 Å². The van der Waals surface area contributed by atoms with E-state index < -0.39 is 0 Å². The molecule has 3 rings (SSSR count). The molecule has 17 heavy (non-hydrogen) atoms. The normalized spacial score (nSPS) is 10.9. The SMILES string of the molecule is Nc1ccc2nc(-c3cncc(Br)c3)nn2c1. The van der Waals surface area contributed by atoms with Crippen LogP contribution < -0.4 is 5.73 Å². The molecule has 0 bridgehead atoms. The fourth-order valence-electron chi connectivity index (χ4n) is 1.56. The van der Waals surface area contributed by atoms with Crippen LogP contribution in [0.2, 0.25) is 0 Å². The maximum absolute atomic E-state index is 5.69. The summed E-state index contributed by atoms with van der Waals surface area (Å²) in [6.45, 7) is 0. The first-order valence-corrected chi connectivity index (χ1v) is 5.74. The van der Waals surface area contributed by atoms with Gasteiger partial charge in [-0.1, -0.05) is 0 Å². The Hall–Kier alpha value is -1.95. The number of nitrogens with two attached hydrogens (primary N) is 1. The van der Waals surface area contributed by atoms with Crippen LogP contribution in [-0.4, -0.2) is 19.6 Å². The summed E-state index contributed by atoms with van der Waals surface area (Å²) in [5.41, 5.74) is 7.96. The molecule has 6 heteroatoms. The Morgan fingerprint density at radius 2 is 2.12 bits per heavy atom. The molecule has 0 aliphatic rings. The van der Waals surface area contributed by atoms with Crippen molar-refractivity contribution < 1.29 is 0 Å². The van der Waals surface area contributed by atoms with Crippen molar-refractivity contribution >= 4 is 27.3 Å². The molecule has 3 aromatic rings. The van der Waals surface area contributed by atoms with Crippen molar-refractivity contribution in [2.24, 2.45) is 0 Å². The smallest absolute Gasteiger partial charge is 0.183 e. The largest absolute Gasteiger partial charge is 0.397 e. The van der Waals surface area contributed by atoms with E-state index in [1.807, 2.05) is 12.1 Å². The van der Waals surface area contributed by atoms with Gasteiger partial charge >= 0.3 is 0 Å². The van der Waals surface area contributed by atoms with Crippen molar-refractivity contribution in [2.45, 2.75) is 0 Å². The minimum atomic E-state index is 0.629. The highest BCUT2D eigenvalue weighted by Gasteiger charge is 2.06. The number of pyridine rings is 2. The van der Waals surface area contributed by atoms with Crippen molar-refractivity contribution in [3.63, 3.8) is 0 Å². The first-order valence-electron chi connectivity index (χ1n) is 4.95. The van der Waals surface area contributed by atoms with Crippen molar-refractivity contribution in [3.8, 4) is 11.4 Å². The summed E-state index contributed by atoms with van der Waals surface area (Å²) in [4.78, 5) is 8.49. The van der Waals surface area contributed by atoms with Crippen molar-refractivity contribution in [2.75, 3.05) is 5.73 Å². The fraction of sp³-hybridized carbons (Fsp3) is 0. The zero-order valence-electron chi connectivity index (χ0n) is 8.71. The van der Waals surface area contributed by atoms with Crippen molar-refractivity contribution in [1.82, 2.24) is 19.6 Å². The lowest BCUT2D eigenvalue weighted by Crippen LogP contribution is -1.91. The highest BCUT2D eigenvalue weighted by atomic mass is 79.9. The van der Waals surface area contributed by atoms with Gasteiger partial charge in [-0.15, -0.1) is 5.10 Å². The van der Waals surface area contributed by atoms with Gasteiger partial charge in [0, 0.05) is 22.4 Å². The van der Waals surface area contributed by atoms with E-state index in [4.69, 9.17) is 5.73 Å². The van der Waals surface area contributed by atoms with E-state index in [9.17, 15) is 0 Å². The predicted octanol–water partition coefficient (Wildman–Crippen LogP) is 2.14. The first-order chi connectivity index (χ1) is 8.22. The Morgan fingerprint density at radius 1 is 1.24 bits per heavy atom. The molecule has 0 saturated carbocycles. The topological polar surface area (TPSA) is 69.1 Å². The molecule has 0 aliphatic carbocycles. The summed E-state index contributed by atoms with van der Waals surface area (Å²) in [6, 6.07) is 5.55. The molecular weight excluding hydrogens is 282 g/mol. The third-order valence-corrected chi connectivity index (χ3v) is 2.75. The van der Waals surface area contributed by atoms with Gasteiger partial charge in [0.05, 0.1) is 11.9 Å². The van der Waals surface area contributed by atoms with E-state index in [1.54, 1.807) is 29.2 Å². The molecule has 0 radical (unpaired) electrons. The molecule has 0 saturated heterocycles. The Kier molecular flexibility index (Phi) is 2.29. The van der Waals surface area contributed by atoms with Gasteiger partial charge in [0.2, 0.25) is 0 Å². The number of rotatable bonds is 1. The number of hydrogen-bond donors (Lipinski definition) is 1. The Balaban J connectivity index is 2.18. The second-order valence-electron chi connectivity index (χ2n) is 3.59. The minimum absolute atomic E-state index is 0.629. The lowest BCUT2D eigenvalue weighted by Gasteiger charge is -1.94. The molecule has 0 atom stereocenters. The number of nitrogen functional groups attached to an aromatic ring is 1. The number of fused-ring (bicyclic) bond motifs is 1. The average Bonchev–Trinajstić information content (AvgIpc) is 2.72. The van der Waals surface area contributed by atoms with Gasteiger partial charge in [-0.25, -0.2) is 9.50 Å². The molecule has 0 fully saturated rings. The second kappa shape index (κ2) is 3.81. The maximum Gasteiger partial charge on any atom is 0.183 e. The van der Waals surface area contributed by atoms with Crippen LogP contribution in [0.15, 0.2) is 41.3 Å². The maximum atomic E-state index is 5.69. The summed E-state index contributed by atoms with van der Waals surface area (Å²) >= 11 is 3.37. The van der Waals surface area contributed by atoms with E-state index in [0.717, 1.165) is 15.7 Å². The first kappa shape index (κ1) is 10.2. The molecule has 5 nitrogen and oxygen atoms in total. The van der Waals surface area contributed by atoms with Crippen LogP contribution in [0.3, 0.4) is 0 Å². The van der Waals surface area contributed by atoms with Crippen LogP contribution in [0.5, 0.6) is 0 Å². The molecule has 0 spiro atoms. The number of hydrogen-bond acceptors (Lipinski definition) is 4. The van der Waals surface area contributed by atoms with Crippen LogP contribution >= 0.6 is 15.9 Å². The molecular formula is C11H8BrN5. The van der Waals surface area contributed by atoms with E-state index in [0.29, 0.717) is 11.5 Å². The number of halogens is 1. The monoisotopic (exact) mass is 289 g/mol. The van der Waals surface area contributed by atoms with Gasteiger partial charge < -0.3 is 5.73 Å². The fourth-order valence-corrected chi connectivity index (χ4v) is 1.92. The molecule has 0 aliphatic heterocycles. The van der Waals surface area contributed by atoms with Crippen LogP contribution in [0, 0.1) is 0 Å². The zero-order chi connectivity index (χ0) is 11.8. The summed E-state index contributed by atoms with van der Waals surface area (Å²) < 4.78 is 2.55. The van der Waals surface area contributed by atoms with Crippen molar-refractivity contribution in [3.05, 3.63) is 41.3 Å². The van der Waals surface area contributed by atoms with Gasteiger partial charge in [0.15, 0.2) is 11.5 Å². The molecule has 0 unspecified atom stereocenters. The van der Waals surface area contributed by atoms with Gasteiger partial charge in [-0.3, -0.25) is 4.98 Å². The highest BCUT2D eigenvalue weighted by Crippen LogP contribution is 2.19. The van der Waals surface area contributed by atoms with Crippen LogP contribution in [-0.2, 0) is 0 Å². The number of anilines is 1. The van der Waals surface area contributed by atoms with Crippen LogP contribution in [0.25, 0.3) is 17.0 Å². The van der Waals surface area contributed by atoms with Gasteiger partial charge in [0.1, 0.15) is 0 Å².